The Morgan fingerprint density at radius 1 is 1.50 bits per heavy atom. The molecule has 1 fully saturated rings. The van der Waals surface area contributed by atoms with Crippen LogP contribution in [0.2, 0.25) is 0 Å². The lowest BCUT2D eigenvalue weighted by Gasteiger charge is -2.14. The number of likely N-dealkylation sites (tertiary alicyclic amines) is 1. The van der Waals surface area contributed by atoms with E-state index in [1.807, 2.05) is 0 Å². The Labute approximate surface area is 74.5 Å². The standard InChI is InChI=1S/C9H20N2O/c10-4-2-9-3-6-11(8-9)5-1-7-12/h9,12H,1-8,10H2. The van der Waals surface area contributed by atoms with Crippen LogP contribution in [0.1, 0.15) is 19.3 Å². The van der Waals surface area contributed by atoms with Gasteiger partial charge >= 0.3 is 0 Å². The van der Waals surface area contributed by atoms with E-state index in [0.717, 1.165) is 31.8 Å². The summed E-state index contributed by atoms with van der Waals surface area (Å²) in [4.78, 5) is 2.43. The van der Waals surface area contributed by atoms with E-state index in [0.29, 0.717) is 6.61 Å². The minimum Gasteiger partial charge on any atom is -0.396 e. The van der Waals surface area contributed by atoms with Gasteiger partial charge in [0.05, 0.1) is 0 Å². The predicted molar refractivity (Wildman–Crippen MR) is 49.9 cm³/mol. The van der Waals surface area contributed by atoms with Crippen molar-refractivity contribution >= 4 is 0 Å². The Hall–Kier alpha value is -0.120. The van der Waals surface area contributed by atoms with Gasteiger partial charge in [-0.05, 0) is 38.3 Å². The molecule has 0 radical (unpaired) electrons. The third-order valence-electron chi connectivity index (χ3n) is 2.58. The SMILES string of the molecule is NCCC1CCN(CCCO)C1. The molecule has 3 nitrogen and oxygen atoms in total. The van der Waals surface area contributed by atoms with E-state index in [-0.39, 0.29) is 0 Å². The molecule has 1 heterocycles. The fraction of sp³-hybridized carbons (Fsp3) is 1.00. The van der Waals surface area contributed by atoms with Crippen molar-refractivity contribution < 1.29 is 5.11 Å². The Balaban J connectivity index is 2.08. The zero-order valence-corrected chi connectivity index (χ0v) is 7.71. The van der Waals surface area contributed by atoms with E-state index in [4.69, 9.17) is 10.8 Å². The fourth-order valence-electron chi connectivity index (χ4n) is 1.88. The van der Waals surface area contributed by atoms with Crippen LogP contribution in [0.4, 0.5) is 0 Å². The molecule has 1 atom stereocenters. The molecular weight excluding hydrogens is 152 g/mol. The van der Waals surface area contributed by atoms with Crippen LogP contribution < -0.4 is 5.73 Å². The second-order valence-electron chi connectivity index (χ2n) is 3.61. The maximum atomic E-state index is 8.65. The minimum absolute atomic E-state index is 0.318. The number of nitrogens with zero attached hydrogens (tertiary/aromatic N) is 1. The second-order valence-corrected chi connectivity index (χ2v) is 3.61. The average molecular weight is 172 g/mol. The molecule has 0 aromatic carbocycles. The van der Waals surface area contributed by atoms with E-state index in [1.54, 1.807) is 0 Å². The van der Waals surface area contributed by atoms with Crippen LogP contribution in [-0.4, -0.2) is 42.8 Å². The van der Waals surface area contributed by atoms with Gasteiger partial charge in [0.2, 0.25) is 0 Å². The molecule has 12 heavy (non-hydrogen) atoms. The molecule has 0 aromatic heterocycles. The van der Waals surface area contributed by atoms with Gasteiger partial charge in [-0.1, -0.05) is 0 Å². The number of aliphatic hydroxyl groups excluding tert-OH is 1. The lowest BCUT2D eigenvalue weighted by molar-refractivity contribution is 0.243. The van der Waals surface area contributed by atoms with Crippen molar-refractivity contribution in [3.63, 3.8) is 0 Å². The Bertz CT molecular complexity index is 119. The number of aliphatic hydroxyl groups is 1. The van der Waals surface area contributed by atoms with E-state index in [1.165, 1.54) is 19.5 Å². The molecule has 0 spiro atoms. The third kappa shape index (κ3) is 3.09. The predicted octanol–water partition coefficient (Wildman–Crippen LogP) is 0.0395. The van der Waals surface area contributed by atoms with Crippen molar-refractivity contribution in [2.45, 2.75) is 19.3 Å². The van der Waals surface area contributed by atoms with E-state index in [9.17, 15) is 0 Å². The number of rotatable bonds is 5. The van der Waals surface area contributed by atoms with Gasteiger partial charge in [-0.2, -0.15) is 0 Å². The molecule has 1 rings (SSSR count). The molecule has 0 aromatic rings. The van der Waals surface area contributed by atoms with Gasteiger partial charge in [0.1, 0.15) is 0 Å². The summed E-state index contributed by atoms with van der Waals surface area (Å²) in [6, 6.07) is 0. The first-order valence-electron chi connectivity index (χ1n) is 4.90. The zero-order valence-electron chi connectivity index (χ0n) is 7.71. The van der Waals surface area contributed by atoms with Crippen LogP contribution in [0, 0.1) is 5.92 Å². The van der Waals surface area contributed by atoms with Crippen LogP contribution in [-0.2, 0) is 0 Å². The minimum atomic E-state index is 0.318. The second kappa shape index (κ2) is 5.51. The molecule has 0 saturated carbocycles. The summed E-state index contributed by atoms with van der Waals surface area (Å²) in [5, 5.41) is 8.65. The molecule has 0 bridgehead atoms. The normalized spacial score (nSPS) is 25.0. The molecule has 1 aliphatic rings. The summed E-state index contributed by atoms with van der Waals surface area (Å²) in [6.07, 6.45) is 3.37. The highest BCUT2D eigenvalue weighted by Gasteiger charge is 2.20. The molecule has 0 aliphatic carbocycles. The van der Waals surface area contributed by atoms with Gasteiger partial charge in [0.15, 0.2) is 0 Å². The summed E-state index contributed by atoms with van der Waals surface area (Å²) in [6.45, 7) is 4.58. The molecule has 72 valence electrons. The molecule has 3 heteroatoms. The van der Waals surface area contributed by atoms with Gasteiger partial charge in [0.25, 0.3) is 0 Å². The Morgan fingerprint density at radius 2 is 2.33 bits per heavy atom. The Morgan fingerprint density at radius 3 is 3.00 bits per heavy atom. The van der Waals surface area contributed by atoms with Crippen molar-refractivity contribution in [1.82, 2.24) is 4.90 Å². The monoisotopic (exact) mass is 172 g/mol. The number of hydrogen-bond donors (Lipinski definition) is 2. The van der Waals surface area contributed by atoms with E-state index in [2.05, 4.69) is 4.90 Å². The van der Waals surface area contributed by atoms with Crippen LogP contribution in [0.5, 0.6) is 0 Å². The van der Waals surface area contributed by atoms with Crippen LogP contribution in [0.25, 0.3) is 0 Å². The van der Waals surface area contributed by atoms with E-state index < -0.39 is 0 Å². The van der Waals surface area contributed by atoms with Gasteiger partial charge in [-0.15, -0.1) is 0 Å². The van der Waals surface area contributed by atoms with Crippen molar-refractivity contribution in [2.24, 2.45) is 11.7 Å². The van der Waals surface area contributed by atoms with E-state index >= 15 is 0 Å². The molecule has 3 N–H and O–H groups in total. The maximum absolute atomic E-state index is 8.65. The van der Waals surface area contributed by atoms with Crippen molar-refractivity contribution in [1.29, 1.82) is 0 Å². The average Bonchev–Trinajstić information content (AvgIpc) is 2.50. The number of nitrogens with two attached hydrogens (primary N) is 1. The summed E-state index contributed by atoms with van der Waals surface area (Å²) in [5.74, 6) is 0.814. The summed E-state index contributed by atoms with van der Waals surface area (Å²) < 4.78 is 0. The Kier molecular flexibility index (Phi) is 4.58. The quantitative estimate of drug-likeness (QED) is 0.615. The van der Waals surface area contributed by atoms with Gasteiger partial charge in [0, 0.05) is 19.7 Å². The van der Waals surface area contributed by atoms with Crippen molar-refractivity contribution in [3.05, 3.63) is 0 Å². The van der Waals surface area contributed by atoms with Crippen LogP contribution in [0.15, 0.2) is 0 Å². The highest BCUT2D eigenvalue weighted by atomic mass is 16.3. The molecule has 1 unspecified atom stereocenters. The summed E-state index contributed by atoms with van der Waals surface area (Å²) in [7, 11) is 0. The van der Waals surface area contributed by atoms with Crippen molar-refractivity contribution in [3.8, 4) is 0 Å². The molecule has 0 amide bonds. The third-order valence-corrected chi connectivity index (χ3v) is 2.58. The number of hydrogen-bond acceptors (Lipinski definition) is 3. The van der Waals surface area contributed by atoms with Gasteiger partial charge < -0.3 is 15.7 Å². The molecular formula is C9H20N2O. The van der Waals surface area contributed by atoms with Gasteiger partial charge in [-0.3, -0.25) is 0 Å². The highest BCUT2D eigenvalue weighted by Crippen LogP contribution is 2.18. The topological polar surface area (TPSA) is 49.5 Å². The molecule has 1 saturated heterocycles. The summed E-state index contributed by atoms with van der Waals surface area (Å²) >= 11 is 0. The highest BCUT2D eigenvalue weighted by molar-refractivity contribution is 4.75. The van der Waals surface area contributed by atoms with Crippen molar-refractivity contribution in [2.75, 3.05) is 32.8 Å². The first-order valence-corrected chi connectivity index (χ1v) is 4.90. The zero-order chi connectivity index (χ0) is 8.81. The maximum Gasteiger partial charge on any atom is 0.0443 e. The van der Waals surface area contributed by atoms with Crippen LogP contribution >= 0.6 is 0 Å². The summed E-state index contributed by atoms with van der Waals surface area (Å²) in [5.41, 5.74) is 5.50. The van der Waals surface area contributed by atoms with Crippen LogP contribution in [0.3, 0.4) is 0 Å². The van der Waals surface area contributed by atoms with Gasteiger partial charge in [-0.25, -0.2) is 0 Å². The first kappa shape index (κ1) is 9.96. The molecule has 1 aliphatic heterocycles. The smallest absolute Gasteiger partial charge is 0.0443 e. The lowest BCUT2D eigenvalue weighted by Crippen LogP contribution is -2.23. The fourth-order valence-corrected chi connectivity index (χ4v) is 1.88. The lowest BCUT2D eigenvalue weighted by atomic mass is 10.1. The largest absolute Gasteiger partial charge is 0.396 e. The first-order chi connectivity index (χ1) is 5.86.